The van der Waals surface area contributed by atoms with E-state index in [-0.39, 0.29) is 24.4 Å². The largest absolute Gasteiger partial charge is 0.350 e. The number of benzene rings is 1. The maximum Gasteiger partial charge on any atom is 0.322 e. The number of halogens is 1. The minimum atomic E-state index is -0.717. The number of amides is 4. The third-order valence-electron chi connectivity index (χ3n) is 5.64. The van der Waals surface area contributed by atoms with Crippen LogP contribution < -0.4 is 10.6 Å². The molecule has 0 radical (unpaired) electrons. The summed E-state index contributed by atoms with van der Waals surface area (Å²) in [5.74, 6) is -0.580. The van der Waals surface area contributed by atoms with Crippen LogP contribution in [0.15, 0.2) is 60.1 Å². The minimum absolute atomic E-state index is 0.167. The fourth-order valence-electron chi connectivity index (χ4n) is 3.82. The van der Waals surface area contributed by atoms with Gasteiger partial charge in [0.15, 0.2) is 0 Å². The second kappa shape index (κ2) is 8.39. The van der Waals surface area contributed by atoms with E-state index in [4.69, 9.17) is 11.6 Å². The van der Waals surface area contributed by atoms with Gasteiger partial charge in [0.1, 0.15) is 6.04 Å². The van der Waals surface area contributed by atoms with E-state index in [9.17, 15) is 14.4 Å². The molecule has 0 saturated heterocycles. The van der Waals surface area contributed by atoms with Gasteiger partial charge in [-0.25, -0.2) is 4.79 Å². The number of nitrogens with zero attached hydrogens (tertiary/aromatic N) is 3. The molecule has 3 heterocycles. The van der Waals surface area contributed by atoms with E-state index in [0.29, 0.717) is 28.4 Å². The van der Waals surface area contributed by atoms with E-state index < -0.39 is 12.1 Å². The highest BCUT2D eigenvalue weighted by Crippen LogP contribution is 2.38. The van der Waals surface area contributed by atoms with E-state index in [1.54, 1.807) is 56.7 Å². The Morgan fingerprint density at radius 3 is 2.77 bits per heavy atom. The number of aromatic nitrogens is 1. The summed E-state index contributed by atoms with van der Waals surface area (Å²) in [4.78, 5) is 45.6. The van der Waals surface area contributed by atoms with Crippen LogP contribution in [0, 0.1) is 0 Å². The summed E-state index contributed by atoms with van der Waals surface area (Å²) in [6.07, 6.45) is 3.33. The molecule has 1 aromatic carbocycles. The smallest absolute Gasteiger partial charge is 0.322 e. The van der Waals surface area contributed by atoms with Crippen molar-refractivity contribution >= 4 is 29.4 Å². The van der Waals surface area contributed by atoms with Gasteiger partial charge in [0.25, 0.3) is 5.91 Å². The molecule has 0 saturated carbocycles. The van der Waals surface area contributed by atoms with Crippen LogP contribution in [0.4, 0.5) is 4.79 Å². The molecule has 2 aliphatic heterocycles. The summed E-state index contributed by atoms with van der Waals surface area (Å²) in [6, 6.07) is 9.03. The summed E-state index contributed by atoms with van der Waals surface area (Å²) >= 11 is 6.35. The van der Waals surface area contributed by atoms with Gasteiger partial charge in [0.05, 0.1) is 23.9 Å². The number of carbonyl (C=O) groups is 3. The Kier molecular flexibility index (Phi) is 5.65. The van der Waals surface area contributed by atoms with Crippen molar-refractivity contribution in [1.82, 2.24) is 25.4 Å². The average molecular weight is 440 g/mol. The van der Waals surface area contributed by atoms with Gasteiger partial charge in [-0.05, 0) is 30.2 Å². The van der Waals surface area contributed by atoms with Gasteiger partial charge >= 0.3 is 6.03 Å². The van der Waals surface area contributed by atoms with E-state index in [1.807, 2.05) is 6.07 Å². The Morgan fingerprint density at radius 2 is 2.06 bits per heavy atom. The molecule has 1 aromatic heterocycles. The molecule has 160 valence electrons. The molecule has 4 amide bonds. The van der Waals surface area contributed by atoms with Crippen LogP contribution in [-0.2, 0) is 16.1 Å². The van der Waals surface area contributed by atoms with Crippen molar-refractivity contribution in [3.8, 4) is 0 Å². The first kappa shape index (κ1) is 20.9. The third-order valence-corrected chi connectivity index (χ3v) is 5.99. The zero-order valence-corrected chi connectivity index (χ0v) is 17.9. The molecule has 9 heteroatoms. The van der Waals surface area contributed by atoms with Crippen LogP contribution in [-0.4, -0.2) is 52.3 Å². The van der Waals surface area contributed by atoms with Gasteiger partial charge in [-0.2, -0.15) is 0 Å². The summed E-state index contributed by atoms with van der Waals surface area (Å²) in [6.45, 7) is 2.16. The summed E-state index contributed by atoms with van der Waals surface area (Å²) < 4.78 is 0. The van der Waals surface area contributed by atoms with Crippen molar-refractivity contribution in [2.24, 2.45) is 0 Å². The Balaban J connectivity index is 1.55. The number of hydrogen-bond acceptors (Lipinski definition) is 4. The number of pyridine rings is 1. The summed E-state index contributed by atoms with van der Waals surface area (Å²) in [5.41, 5.74) is 2.51. The molecule has 2 atom stereocenters. The maximum absolute atomic E-state index is 13.4. The molecule has 0 fully saturated rings. The van der Waals surface area contributed by atoms with Gasteiger partial charge < -0.3 is 15.5 Å². The molecule has 0 spiro atoms. The first-order valence-corrected chi connectivity index (χ1v) is 10.3. The number of likely N-dealkylation sites (N-methyl/N-ethyl adjacent to an activating group) is 1. The molecular weight excluding hydrogens is 418 g/mol. The Labute approximate surface area is 184 Å². The maximum atomic E-state index is 13.4. The SMILES string of the molecule is C[C@H](C(=O)NCc1cccnc1)N1CC2=C(C1=O)[C@H](c1ccccc1Cl)NC(=O)N2C. The van der Waals surface area contributed by atoms with Gasteiger partial charge in [0, 0.05) is 31.0 Å². The monoisotopic (exact) mass is 439 g/mol. The van der Waals surface area contributed by atoms with Crippen molar-refractivity contribution < 1.29 is 14.4 Å². The average Bonchev–Trinajstić information content (AvgIpc) is 3.12. The van der Waals surface area contributed by atoms with Gasteiger partial charge in [-0.3, -0.25) is 19.5 Å². The lowest BCUT2D eigenvalue weighted by Gasteiger charge is -2.31. The molecular formula is C22H22ClN5O3. The van der Waals surface area contributed by atoms with Crippen LogP contribution in [0.5, 0.6) is 0 Å². The lowest BCUT2D eigenvalue weighted by Crippen LogP contribution is -2.46. The van der Waals surface area contributed by atoms with E-state index in [0.717, 1.165) is 5.56 Å². The Bertz CT molecular complexity index is 1070. The molecule has 2 N–H and O–H groups in total. The van der Waals surface area contributed by atoms with Crippen molar-refractivity contribution in [3.63, 3.8) is 0 Å². The number of nitrogens with one attached hydrogen (secondary N) is 2. The second-order valence-corrected chi connectivity index (χ2v) is 7.92. The number of hydrogen-bond donors (Lipinski definition) is 2. The third kappa shape index (κ3) is 3.86. The zero-order chi connectivity index (χ0) is 22.1. The number of carbonyl (C=O) groups excluding carboxylic acids is 3. The van der Waals surface area contributed by atoms with E-state index in [1.165, 1.54) is 9.80 Å². The van der Waals surface area contributed by atoms with Crippen LogP contribution in [0.2, 0.25) is 5.02 Å². The van der Waals surface area contributed by atoms with Gasteiger partial charge in [-0.15, -0.1) is 0 Å². The quantitative estimate of drug-likeness (QED) is 0.747. The second-order valence-electron chi connectivity index (χ2n) is 7.51. The molecule has 0 bridgehead atoms. The van der Waals surface area contributed by atoms with Crippen molar-refractivity contribution in [3.05, 3.63) is 76.2 Å². The molecule has 0 aliphatic carbocycles. The van der Waals surface area contributed by atoms with Crippen molar-refractivity contribution in [1.29, 1.82) is 0 Å². The standard InChI is InChI=1S/C22H22ClN5O3/c1-13(20(29)25-11-14-6-5-9-24-10-14)28-12-17-18(21(28)30)19(26-22(31)27(17)2)15-7-3-4-8-16(15)23/h3-10,13,19H,11-12H2,1-2H3,(H,25,29)(H,26,31)/t13-,19+/m1/s1. The highest BCUT2D eigenvalue weighted by Gasteiger charge is 2.45. The number of urea groups is 1. The van der Waals surface area contributed by atoms with Crippen LogP contribution in [0.1, 0.15) is 24.1 Å². The molecule has 2 aromatic rings. The first-order chi connectivity index (χ1) is 14.9. The fourth-order valence-corrected chi connectivity index (χ4v) is 4.07. The van der Waals surface area contributed by atoms with Crippen molar-refractivity contribution in [2.75, 3.05) is 13.6 Å². The fraction of sp³-hybridized carbons (Fsp3) is 0.273. The lowest BCUT2D eigenvalue weighted by molar-refractivity contribution is -0.135. The molecule has 4 rings (SSSR count). The molecule has 8 nitrogen and oxygen atoms in total. The van der Waals surface area contributed by atoms with E-state index in [2.05, 4.69) is 15.6 Å². The normalized spacial score (nSPS) is 19.3. The van der Waals surface area contributed by atoms with Crippen LogP contribution in [0.25, 0.3) is 0 Å². The number of rotatable bonds is 5. The summed E-state index contributed by atoms with van der Waals surface area (Å²) in [7, 11) is 1.61. The minimum Gasteiger partial charge on any atom is -0.350 e. The first-order valence-electron chi connectivity index (χ1n) is 9.87. The Morgan fingerprint density at radius 1 is 1.29 bits per heavy atom. The van der Waals surface area contributed by atoms with Gasteiger partial charge in [0.2, 0.25) is 5.91 Å². The zero-order valence-electron chi connectivity index (χ0n) is 17.1. The van der Waals surface area contributed by atoms with Crippen molar-refractivity contribution in [2.45, 2.75) is 25.6 Å². The lowest BCUT2D eigenvalue weighted by atomic mass is 9.95. The predicted molar refractivity (Wildman–Crippen MR) is 115 cm³/mol. The van der Waals surface area contributed by atoms with Crippen LogP contribution >= 0.6 is 11.6 Å². The summed E-state index contributed by atoms with van der Waals surface area (Å²) in [5, 5.41) is 6.15. The molecule has 31 heavy (non-hydrogen) atoms. The molecule has 0 unspecified atom stereocenters. The Hall–Kier alpha value is -3.39. The highest BCUT2D eigenvalue weighted by atomic mass is 35.5. The van der Waals surface area contributed by atoms with Gasteiger partial charge in [-0.1, -0.05) is 35.9 Å². The highest BCUT2D eigenvalue weighted by molar-refractivity contribution is 6.31. The topological polar surface area (TPSA) is 94.6 Å². The molecule has 2 aliphatic rings. The van der Waals surface area contributed by atoms with E-state index >= 15 is 0 Å². The predicted octanol–water partition coefficient (Wildman–Crippen LogP) is 2.23. The van der Waals surface area contributed by atoms with Crippen LogP contribution in [0.3, 0.4) is 0 Å².